The topological polar surface area (TPSA) is 66.0 Å². The number of nitrogens with one attached hydrogen (secondary N) is 2. The molecule has 1 atom stereocenters. The van der Waals surface area contributed by atoms with E-state index in [-0.39, 0.29) is 41.8 Å². The molecule has 2 rings (SSSR count). The standard InChI is InChI=1S/C22H29FN4O2.HI/c1-16(29-20-10-8-19(23)9-11-20)15-26-22(24-2)25-13-12-17-6-5-7-18(14-17)21(28)27(3)4;/h5-11,14,16H,12-13,15H2,1-4H3,(H2,24,25,26);1H. The van der Waals surface area contributed by atoms with Gasteiger partial charge in [-0.15, -0.1) is 24.0 Å². The molecule has 164 valence electrons. The predicted octanol–water partition coefficient (Wildman–Crippen LogP) is 3.32. The van der Waals surface area contributed by atoms with E-state index >= 15 is 0 Å². The molecule has 2 aromatic carbocycles. The highest BCUT2D eigenvalue weighted by Crippen LogP contribution is 2.12. The molecule has 2 aromatic rings. The third-order valence-electron chi connectivity index (χ3n) is 4.22. The number of benzene rings is 2. The van der Waals surface area contributed by atoms with Crippen LogP contribution in [-0.2, 0) is 6.42 Å². The van der Waals surface area contributed by atoms with Crippen LogP contribution in [0.1, 0.15) is 22.8 Å². The third-order valence-corrected chi connectivity index (χ3v) is 4.22. The lowest BCUT2D eigenvalue weighted by Gasteiger charge is -2.18. The summed E-state index contributed by atoms with van der Waals surface area (Å²) in [6.45, 7) is 3.15. The van der Waals surface area contributed by atoms with Crippen LogP contribution < -0.4 is 15.4 Å². The monoisotopic (exact) mass is 528 g/mol. The zero-order chi connectivity index (χ0) is 21.2. The lowest BCUT2D eigenvalue weighted by Crippen LogP contribution is -2.42. The fourth-order valence-electron chi connectivity index (χ4n) is 2.69. The van der Waals surface area contributed by atoms with Crippen LogP contribution in [0.25, 0.3) is 0 Å². The number of amides is 1. The molecule has 0 heterocycles. The molecule has 8 heteroatoms. The van der Waals surface area contributed by atoms with Gasteiger partial charge in [0.05, 0.1) is 6.54 Å². The normalized spacial score (nSPS) is 11.8. The molecule has 30 heavy (non-hydrogen) atoms. The van der Waals surface area contributed by atoms with Gasteiger partial charge in [0, 0.05) is 33.3 Å². The number of nitrogens with zero attached hydrogens (tertiary/aromatic N) is 2. The summed E-state index contributed by atoms with van der Waals surface area (Å²) in [5, 5.41) is 6.47. The molecular formula is C22H30FIN4O2. The molecular weight excluding hydrogens is 498 g/mol. The first-order valence-electron chi connectivity index (χ1n) is 9.56. The van der Waals surface area contributed by atoms with Crippen molar-refractivity contribution < 1.29 is 13.9 Å². The second-order valence-electron chi connectivity index (χ2n) is 6.91. The Morgan fingerprint density at radius 1 is 1.17 bits per heavy atom. The first-order valence-corrected chi connectivity index (χ1v) is 9.56. The van der Waals surface area contributed by atoms with E-state index in [1.807, 2.05) is 31.2 Å². The van der Waals surface area contributed by atoms with E-state index in [2.05, 4.69) is 15.6 Å². The molecule has 0 saturated carbocycles. The first kappa shape index (κ1) is 25.7. The number of aliphatic imine (C=N–C) groups is 1. The van der Waals surface area contributed by atoms with Crippen molar-refractivity contribution in [2.45, 2.75) is 19.4 Å². The van der Waals surface area contributed by atoms with Crippen LogP contribution in [0.15, 0.2) is 53.5 Å². The van der Waals surface area contributed by atoms with Crippen LogP contribution in [0, 0.1) is 5.82 Å². The number of hydrogen-bond donors (Lipinski definition) is 2. The molecule has 1 amide bonds. The summed E-state index contributed by atoms with van der Waals surface area (Å²) in [7, 11) is 5.19. The summed E-state index contributed by atoms with van der Waals surface area (Å²) in [4.78, 5) is 17.8. The lowest BCUT2D eigenvalue weighted by molar-refractivity contribution is 0.0827. The van der Waals surface area contributed by atoms with Gasteiger partial charge in [0.15, 0.2) is 5.96 Å². The van der Waals surface area contributed by atoms with E-state index in [1.54, 1.807) is 38.2 Å². The number of carbonyl (C=O) groups excluding carboxylic acids is 1. The quantitative estimate of drug-likeness (QED) is 0.314. The van der Waals surface area contributed by atoms with Crippen LogP contribution in [0.3, 0.4) is 0 Å². The van der Waals surface area contributed by atoms with Crippen LogP contribution in [0.4, 0.5) is 4.39 Å². The van der Waals surface area contributed by atoms with Gasteiger partial charge in [-0.2, -0.15) is 0 Å². The maximum absolute atomic E-state index is 13.0. The van der Waals surface area contributed by atoms with E-state index in [9.17, 15) is 9.18 Å². The molecule has 0 aliphatic rings. The molecule has 0 aliphatic heterocycles. The summed E-state index contributed by atoms with van der Waals surface area (Å²) in [6, 6.07) is 13.6. The molecule has 0 saturated heterocycles. The van der Waals surface area contributed by atoms with Gasteiger partial charge in [0.1, 0.15) is 17.7 Å². The second-order valence-corrected chi connectivity index (χ2v) is 6.91. The number of rotatable bonds is 8. The molecule has 0 bridgehead atoms. The molecule has 2 N–H and O–H groups in total. The lowest BCUT2D eigenvalue weighted by atomic mass is 10.1. The second kappa shape index (κ2) is 13.0. The van der Waals surface area contributed by atoms with Crippen molar-refractivity contribution in [3.63, 3.8) is 0 Å². The molecule has 0 spiro atoms. The maximum Gasteiger partial charge on any atom is 0.253 e. The Morgan fingerprint density at radius 3 is 2.50 bits per heavy atom. The Balaban J connectivity index is 0.00000450. The highest BCUT2D eigenvalue weighted by Gasteiger charge is 2.09. The molecule has 0 aromatic heterocycles. The van der Waals surface area contributed by atoms with Crippen LogP contribution in [0.5, 0.6) is 5.75 Å². The van der Waals surface area contributed by atoms with Crippen molar-refractivity contribution in [2.24, 2.45) is 4.99 Å². The smallest absolute Gasteiger partial charge is 0.253 e. The number of halogens is 2. The fraction of sp³-hybridized carbons (Fsp3) is 0.364. The van der Waals surface area contributed by atoms with Crippen LogP contribution in [-0.4, -0.2) is 57.1 Å². The number of carbonyl (C=O) groups is 1. The summed E-state index contributed by atoms with van der Waals surface area (Å²) in [5.41, 5.74) is 1.76. The van der Waals surface area contributed by atoms with Crippen LogP contribution >= 0.6 is 24.0 Å². The highest BCUT2D eigenvalue weighted by atomic mass is 127. The van der Waals surface area contributed by atoms with Crippen molar-refractivity contribution in [2.75, 3.05) is 34.2 Å². The van der Waals surface area contributed by atoms with E-state index in [1.165, 1.54) is 12.1 Å². The van der Waals surface area contributed by atoms with Gasteiger partial charge < -0.3 is 20.3 Å². The highest BCUT2D eigenvalue weighted by molar-refractivity contribution is 14.0. The zero-order valence-corrected chi connectivity index (χ0v) is 20.1. The van der Waals surface area contributed by atoms with E-state index < -0.39 is 0 Å². The van der Waals surface area contributed by atoms with Gasteiger partial charge in [0.25, 0.3) is 5.91 Å². The molecule has 1 unspecified atom stereocenters. The molecule has 0 aliphatic carbocycles. The number of ether oxygens (including phenoxy) is 1. The number of hydrogen-bond acceptors (Lipinski definition) is 3. The van der Waals surface area contributed by atoms with Crippen molar-refractivity contribution in [3.8, 4) is 5.75 Å². The average molecular weight is 528 g/mol. The van der Waals surface area contributed by atoms with Gasteiger partial charge in [-0.1, -0.05) is 12.1 Å². The summed E-state index contributed by atoms with van der Waals surface area (Å²) in [6.07, 6.45) is 0.643. The predicted molar refractivity (Wildman–Crippen MR) is 129 cm³/mol. The Hall–Kier alpha value is -2.36. The molecule has 0 fully saturated rings. The Labute approximate surface area is 194 Å². The van der Waals surface area contributed by atoms with Gasteiger partial charge >= 0.3 is 0 Å². The van der Waals surface area contributed by atoms with Crippen molar-refractivity contribution in [1.29, 1.82) is 0 Å². The minimum absolute atomic E-state index is 0. The number of guanidine groups is 1. The van der Waals surface area contributed by atoms with Gasteiger partial charge in [-0.05, 0) is 55.3 Å². The van der Waals surface area contributed by atoms with Crippen LogP contribution in [0.2, 0.25) is 0 Å². The van der Waals surface area contributed by atoms with E-state index in [0.29, 0.717) is 30.4 Å². The van der Waals surface area contributed by atoms with Crippen molar-refractivity contribution in [1.82, 2.24) is 15.5 Å². The summed E-state index contributed by atoms with van der Waals surface area (Å²) in [5.74, 6) is 0.993. The minimum Gasteiger partial charge on any atom is -0.489 e. The van der Waals surface area contributed by atoms with Gasteiger partial charge in [-0.3, -0.25) is 9.79 Å². The molecule has 6 nitrogen and oxygen atoms in total. The SMILES string of the molecule is CN=C(NCCc1cccc(C(=O)N(C)C)c1)NCC(C)Oc1ccc(F)cc1.I. The Kier molecular flexibility index (Phi) is 11.2. The first-order chi connectivity index (χ1) is 13.9. The Morgan fingerprint density at radius 2 is 1.87 bits per heavy atom. The van der Waals surface area contributed by atoms with Gasteiger partial charge in [0.2, 0.25) is 0 Å². The maximum atomic E-state index is 13.0. The summed E-state index contributed by atoms with van der Waals surface area (Å²) < 4.78 is 18.7. The minimum atomic E-state index is -0.288. The summed E-state index contributed by atoms with van der Waals surface area (Å²) >= 11 is 0. The largest absolute Gasteiger partial charge is 0.489 e. The Bertz CT molecular complexity index is 828. The van der Waals surface area contributed by atoms with E-state index in [4.69, 9.17) is 4.74 Å². The van der Waals surface area contributed by atoms with Crippen molar-refractivity contribution >= 4 is 35.8 Å². The average Bonchev–Trinajstić information content (AvgIpc) is 2.71. The fourth-order valence-corrected chi connectivity index (χ4v) is 2.69. The zero-order valence-electron chi connectivity index (χ0n) is 17.8. The van der Waals surface area contributed by atoms with Gasteiger partial charge in [-0.25, -0.2) is 4.39 Å². The molecule has 0 radical (unpaired) electrons. The van der Waals surface area contributed by atoms with Crippen molar-refractivity contribution in [3.05, 3.63) is 65.5 Å². The van der Waals surface area contributed by atoms with E-state index in [0.717, 1.165) is 12.0 Å². The third kappa shape index (κ3) is 8.56.